The number of likely N-dealkylation sites (tertiary alicyclic amines) is 1. The topological polar surface area (TPSA) is 27.0 Å². The van der Waals surface area contributed by atoms with Crippen LogP contribution in [0.5, 0.6) is 0 Å². The summed E-state index contributed by atoms with van der Waals surface area (Å²) in [4.78, 5) is 2.57. The molecule has 2 heteroatoms. The van der Waals surface area contributed by atoms with Gasteiger partial charge < -0.3 is 0 Å². The van der Waals surface area contributed by atoms with E-state index in [1.165, 1.54) is 5.56 Å². The Morgan fingerprint density at radius 3 is 2.06 bits per heavy atom. The summed E-state index contributed by atoms with van der Waals surface area (Å²) in [6.07, 6.45) is 1.92. The van der Waals surface area contributed by atoms with Gasteiger partial charge in [-0.1, -0.05) is 30.3 Å². The zero-order valence-electron chi connectivity index (χ0n) is 12.0. The fourth-order valence-electron chi connectivity index (χ4n) is 3.51. The Morgan fingerprint density at radius 1 is 1.06 bits per heavy atom. The molecule has 1 fully saturated rings. The van der Waals surface area contributed by atoms with E-state index in [9.17, 15) is 0 Å². The standard InChI is InChI=1S/C16H25N2/c1-15(2)10-14(17)11-16(3,4)18(15)12-13-8-6-5-7-9-13/h5-9,14,17H,10-12H2,1-4H3. The molecule has 2 rings (SSSR count). The monoisotopic (exact) mass is 245 g/mol. The van der Waals surface area contributed by atoms with Crippen LogP contribution in [0.4, 0.5) is 0 Å². The van der Waals surface area contributed by atoms with E-state index < -0.39 is 0 Å². The number of rotatable bonds is 2. The van der Waals surface area contributed by atoms with Crippen molar-refractivity contribution in [3.05, 3.63) is 35.9 Å². The molecule has 0 saturated carbocycles. The molecular weight excluding hydrogens is 220 g/mol. The summed E-state index contributed by atoms with van der Waals surface area (Å²) in [6, 6.07) is 10.7. The molecule has 0 atom stereocenters. The molecule has 1 aliphatic heterocycles. The second kappa shape index (κ2) is 4.67. The molecule has 0 aliphatic carbocycles. The second-order valence-corrected chi connectivity index (χ2v) is 6.80. The van der Waals surface area contributed by atoms with Gasteiger partial charge in [-0.25, -0.2) is 0 Å². The average Bonchev–Trinajstić information content (AvgIpc) is 2.23. The molecule has 0 unspecified atom stereocenters. The minimum absolute atomic E-state index is 0.0713. The van der Waals surface area contributed by atoms with Crippen LogP contribution in [0.3, 0.4) is 0 Å². The molecule has 99 valence electrons. The summed E-state index contributed by atoms with van der Waals surface area (Å²) in [5, 5.41) is 0. The second-order valence-electron chi connectivity index (χ2n) is 6.80. The summed E-state index contributed by atoms with van der Waals surface area (Å²) in [7, 11) is 0. The van der Waals surface area contributed by atoms with Gasteiger partial charge in [0.05, 0.1) is 0 Å². The van der Waals surface area contributed by atoms with E-state index in [2.05, 4.69) is 62.9 Å². The van der Waals surface area contributed by atoms with Crippen molar-refractivity contribution in [1.29, 1.82) is 0 Å². The normalized spacial score (nSPS) is 24.1. The summed E-state index contributed by atoms with van der Waals surface area (Å²) < 4.78 is 0. The van der Waals surface area contributed by atoms with Crippen LogP contribution in [0, 0.1) is 0 Å². The molecule has 18 heavy (non-hydrogen) atoms. The van der Waals surface area contributed by atoms with Crippen molar-refractivity contribution >= 4 is 0 Å². The predicted octanol–water partition coefficient (Wildman–Crippen LogP) is 3.49. The number of hydrogen-bond acceptors (Lipinski definition) is 1. The summed E-state index contributed by atoms with van der Waals surface area (Å²) in [5.74, 6) is 0. The lowest BCUT2D eigenvalue weighted by Gasteiger charge is -2.54. The molecule has 0 bridgehead atoms. The third kappa shape index (κ3) is 2.76. The van der Waals surface area contributed by atoms with Crippen molar-refractivity contribution in [3.8, 4) is 0 Å². The molecule has 1 aliphatic rings. The van der Waals surface area contributed by atoms with Gasteiger partial charge in [0.15, 0.2) is 0 Å². The maximum absolute atomic E-state index is 8.13. The van der Waals surface area contributed by atoms with Crippen LogP contribution in [0.25, 0.3) is 0 Å². The fraction of sp³-hybridized carbons (Fsp3) is 0.625. The molecule has 0 aromatic heterocycles. The van der Waals surface area contributed by atoms with Gasteiger partial charge in [0.25, 0.3) is 0 Å². The molecule has 1 saturated heterocycles. The van der Waals surface area contributed by atoms with Gasteiger partial charge in [0.2, 0.25) is 0 Å². The van der Waals surface area contributed by atoms with Crippen LogP contribution in [-0.2, 0) is 6.54 Å². The number of hydrogen-bond donors (Lipinski definition) is 0. The average molecular weight is 245 g/mol. The Labute approximate surface area is 111 Å². The highest BCUT2D eigenvalue weighted by Gasteiger charge is 2.44. The van der Waals surface area contributed by atoms with Crippen molar-refractivity contribution in [2.75, 3.05) is 0 Å². The largest absolute Gasteiger partial charge is 0.289 e. The van der Waals surface area contributed by atoms with Gasteiger partial charge in [-0.15, -0.1) is 0 Å². The first-order valence-corrected chi connectivity index (χ1v) is 6.84. The van der Waals surface area contributed by atoms with Crippen LogP contribution >= 0.6 is 0 Å². The van der Waals surface area contributed by atoms with Crippen LogP contribution in [0.2, 0.25) is 0 Å². The highest BCUT2D eigenvalue weighted by molar-refractivity contribution is 5.16. The maximum atomic E-state index is 8.13. The molecule has 0 spiro atoms. The number of nitrogens with zero attached hydrogens (tertiary/aromatic N) is 1. The van der Waals surface area contributed by atoms with E-state index in [1.54, 1.807) is 0 Å². The van der Waals surface area contributed by atoms with Crippen LogP contribution < -0.4 is 5.73 Å². The molecule has 1 radical (unpaired) electrons. The Kier molecular flexibility index (Phi) is 3.52. The van der Waals surface area contributed by atoms with E-state index in [0.717, 1.165) is 19.4 Å². The molecule has 1 heterocycles. The Bertz CT molecular complexity index is 377. The number of nitrogens with one attached hydrogen (secondary N) is 1. The van der Waals surface area contributed by atoms with Gasteiger partial charge in [0.1, 0.15) is 0 Å². The van der Waals surface area contributed by atoms with E-state index in [-0.39, 0.29) is 17.1 Å². The summed E-state index contributed by atoms with van der Waals surface area (Å²) in [6.45, 7) is 10.1. The van der Waals surface area contributed by atoms with Gasteiger partial charge in [-0.05, 0) is 46.1 Å². The SMILES string of the molecule is CC1(C)CC([NH])CC(C)(C)N1Cc1ccccc1. The van der Waals surface area contributed by atoms with E-state index in [1.807, 2.05) is 0 Å². The van der Waals surface area contributed by atoms with Crippen molar-refractivity contribution < 1.29 is 0 Å². The molecule has 1 aromatic rings. The highest BCUT2D eigenvalue weighted by Crippen LogP contribution is 2.39. The minimum Gasteiger partial charge on any atom is -0.289 e. The molecular formula is C16H25N2. The molecule has 0 amide bonds. The number of piperidine rings is 1. The lowest BCUT2D eigenvalue weighted by Crippen LogP contribution is -2.61. The van der Waals surface area contributed by atoms with Gasteiger partial charge in [-0.2, -0.15) is 0 Å². The van der Waals surface area contributed by atoms with E-state index in [4.69, 9.17) is 5.73 Å². The van der Waals surface area contributed by atoms with Crippen molar-refractivity contribution in [2.45, 2.75) is 64.2 Å². The molecule has 1 aromatic carbocycles. The Balaban J connectivity index is 2.23. The zero-order chi connectivity index (χ0) is 13.4. The third-order valence-electron chi connectivity index (χ3n) is 4.14. The van der Waals surface area contributed by atoms with Crippen LogP contribution in [-0.4, -0.2) is 22.0 Å². The highest BCUT2D eigenvalue weighted by atomic mass is 15.3. The third-order valence-corrected chi connectivity index (χ3v) is 4.14. The van der Waals surface area contributed by atoms with Crippen molar-refractivity contribution in [1.82, 2.24) is 10.6 Å². The smallest absolute Gasteiger partial charge is 0.0247 e. The Hall–Kier alpha value is -0.860. The first-order chi connectivity index (χ1) is 8.31. The number of benzene rings is 1. The van der Waals surface area contributed by atoms with Gasteiger partial charge in [0, 0.05) is 23.7 Å². The van der Waals surface area contributed by atoms with E-state index in [0.29, 0.717) is 0 Å². The Morgan fingerprint density at radius 2 is 1.56 bits per heavy atom. The van der Waals surface area contributed by atoms with E-state index >= 15 is 0 Å². The van der Waals surface area contributed by atoms with Crippen LogP contribution in [0.15, 0.2) is 30.3 Å². The minimum atomic E-state index is 0.0713. The first kappa shape index (κ1) is 13.6. The molecule has 1 N–H and O–H groups in total. The fourth-order valence-corrected chi connectivity index (χ4v) is 3.51. The lowest BCUT2D eigenvalue weighted by molar-refractivity contribution is -0.0429. The first-order valence-electron chi connectivity index (χ1n) is 6.84. The zero-order valence-corrected chi connectivity index (χ0v) is 12.0. The molecule has 2 nitrogen and oxygen atoms in total. The maximum Gasteiger partial charge on any atom is 0.0247 e. The quantitative estimate of drug-likeness (QED) is 0.783. The van der Waals surface area contributed by atoms with Gasteiger partial charge in [-0.3, -0.25) is 10.6 Å². The van der Waals surface area contributed by atoms with Crippen molar-refractivity contribution in [3.63, 3.8) is 0 Å². The summed E-state index contributed by atoms with van der Waals surface area (Å²) >= 11 is 0. The lowest BCUT2D eigenvalue weighted by atomic mass is 9.77. The summed E-state index contributed by atoms with van der Waals surface area (Å²) in [5.41, 5.74) is 9.69. The van der Waals surface area contributed by atoms with Gasteiger partial charge >= 0.3 is 0 Å². The predicted molar refractivity (Wildman–Crippen MR) is 76.3 cm³/mol. The van der Waals surface area contributed by atoms with Crippen LogP contribution in [0.1, 0.15) is 46.1 Å². The van der Waals surface area contributed by atoms with Crippen molar-refractivity contribution in [2.24, 2.45) is 0 Å².